The van der Waals surface area contributed by atoms with Crippen LogP contribution in [0.1, 0.15) is 25.1 Å². The molecule has 0 bridgehead atoms. The Hall–Kier alpha value is -0.910. The quantitative estimate of drug-likeness (QED) is 0.746. The summed E-state index contributed by atoms with van der Waals surface area (Å²) < 4.78 is 7.73. The van der Waals surface area contributed by atoms with Crippen molar-refractivity contribution in [3.8, 4) is 5.75 Å². The summed E-state index contributed by atoms with van der Waals surface area (Å²) in [6, 6.07) is 10.4. The van der Waals surface area contributed by atoms with Gasteiger partial charge in [0.2, 0.25) is 0 Å². The number of rotatable bonds is 6. The normalized spacial score (nSPS) is 10.9. The van der Waals surface area contributed by atoms with Crippen molar-refractivity contribution in [2.24, 2.45) is 0 Å². The fourth-order valence-electron chi connectivity index (χ4n) is 1.80. The van der Waals surface area contributed by atoms with Crippen molar-refractivity contribution in [2.45, 2.75) is 33.0 Å². The Morgan fingerprint density at radius 1 is 1.19 bits per heavy atom. The second kappa shape index (κ2) is 7.92. The Morgan fingerprint density at radius 2 is 1.90 bits per heavy atom. The van der Waals surface area contributed by atoms with E-state index in [2.05, 4.69) is 68.1 Å². The number of nitrogens with zero attached hydrogens (tertiary/aromatic N) is 1. The van der Waals surface area contributed by atoms with Crippen LogP contribution in [0.15, 0.2) is 45.5 Å². The van der Waals surface area contributed by atoms with E-state index in [0.29, 0.717) is 12.6 Å². The fourth-order valence-corrected chi connectivity index (χ4v) is 3.31. The molecule has 0 aliphatic carbocycles. The lowest BCUT2D eigenvalue weighted by Gasteiger charge is -2.13. The molecule has 0 unspecified atom stereocenters. The molecule has 0 saturated heterocycles. The van der Waals surface area contributed by atoms with Crippen LogP contribution in [0.4, 0.5) is 0 Å². The maximum atomic E-state index is 5.86. The predicted octanol–water partition coefficient (Wildman–Crippen LogP) is 4.68. The lowest BCUT2D eigenvalue weighted by atomic mass is 10.2. The average Bonchev–Trinajstić information content (AvgIpc) is 2.45. The first kappa shape index (κ1) is 16.5. The van der Waals surface area contributed by atoms with Gasteiger partial charge in [-0.1, -0.05) is 19.9 Å². The van der Waals surface area contributed by atoms with Crippen molar-refractivity contribution in [2.75, 3.05) is 0 Å². The van der Waals surface area contributed by atoms with E-state index in [1.807, 2.05) is 18.2 Å². The molecule has 0 radical (unpaired) electrons. The molecular formula is C16H18Br2N2O. The molecule has 3 nitrogen and oxygen atoms in total. The van der Waals surface area contributed by atoms with Gasteiger partial charge in [-0.15, -0.1) is 0 Å². The van der Waals surface area contributed by atoms with Crippen LogP contribution in [0.5, 0.6) is 5.75 Å². The molecule has 0 spiro atoms. The third-order valence-electron chi connectivity index (χ3n) is 2.86. The molecular weight excluding hydrogens is 396 g/mol. The second-order valence-electron chi connectivity index (χ2n) is 5.03. The third kappa shape index (κ3) is 5.09. The molecule has 2 aromatic rings. The summed E-state index contributed by atoms with van der Waals surface area (Å²) >= 11 is 7.15. The highest BCUT2D eigenvalue weighted by Gasteiger charge is 2.10. The van der Waals surface area contributed by atoms with E-state index >= 15 is 0 Å². The standard InChI is InChI=1S/C16H18Br2N2O/c1-11(2)20-9-12-7-14(17)16(15(18)8-12)21-10-13-5-3-4-6-19-13/h3-8,11,20H,9-10H2,1-2H3. The van der Waals surface area contributed by atoms with Crippen molar-refractivity contribution in [1.29, 1.82) is 0 Å². The molecule has 112 valence electrons. The zero-order chi connectivity index (χ0) is 15.2. The number of aromatic nitrogens is 1. The monoisotopic (exact) mass is 412 g/mol. The Labute approximate surface area is 142 Å². The number of hydrogen-bond acceptors (Lipinski definition) is 3. The predicted molar refractivity (Wildman–Crippen MR) is 92.4 cm³/mol. The third-order valence-corrected chi connectivity index (χ3v) is 4.04. The average molecular weight is 414 g/mol. The minimum absolute atomic E-state index is 0.446. The van der Waals surface area contributed by atoms with Gasteiger partial charge in [0.05, 0.1) is 14.6 Å². The van der Waals surface area contributed by atoms with Crippen molar-refractivity contribution >= 4 is 31.9 Å². The molecule has 0 aliphatic rings. The molecule has 0 saturated carbocycles. The SMILES string of the molecule is CC(C)NCc1cc(Br)c(OCc2ccccn2)c(Br)c1. The Kier molecular flexibility index (Phi) is 6.21. The van der Waals surface area contributed by atoms with Crippen molar-refractivity contribution in [3.05, 3.63) is 56.7 Å². The Balaban J connectivity index is 2.06. The summed E-state index contributed by atoms with van der Waals surface area (Å²) in [6.07, 6.45) is 1.77. The summed E-state index contributed by atoms with van der Waals surface area (Å²) in [5.74, 6) is 0.800. The van der Waals surface area contributed by atoms with Crippen LogP contribution in [-0.2, 0) is 13.2 Å². The van der Waals surface area contributed by atoms with Gasteiger partial charge in [-0.3, -0.25) is 4.98 Å². The van der Waals surface area contributed by atoms with Crippen LogP contribution in [-0.4, -0.2) is 11.0 Å². The zero-order valence-corrected chi connectivity index (χ0v) is 15.2. The number of halogens is 2. The van der Waals surface area contributed by atoms with E-state index in [1.54, 1.807) is 6.20 Å². The zero-order valence-electron chi connectivity index (χ0n) is 12.1. The van der Waals surface area contributed by atoms with Gasteiger partial charge in [-0.05, 0) is 61.7 Å². The summed E-state index contributed by atoms with van der Waals surface area (Å²) in [5, 5.41) is 3.40. The largest absolute Gasteiger partial charge is 0.485 e. The van der Waals surface area contributed by atoms with Crippen LogP contribution < -0.4 is 10.1 Å². The second-order valence-corrected chi connectivity index (χ2v) is 6.74. The van der Waals surface area contributed by atoms with E-state index < -0.39 is 0 Å². The highest BCUT2D eigenvalue weighted by atomic mass is 79.9. The smallest absolute Gasteiger partial charge is 0.148 e. The molecule has 21 heavy (non-hydrogen) atoms. The first-order valence-electron chi connectivity index (χ1n) is 6.80. The van der Waals surface area contributed by atoms with Crippen LogP contribution in [0.2, 0.25) is 0 Å². The topological polar surface area (TPSA) is 34.1 Å². The van der Waals surface area contributed by atoms with Crippen molar-refractivity contribution in [1.82, 2.24) is 10.3 Å². The van der Waals surface area contributed by atoms with Crippen LogP contribution in [0.3, 0.4) is 0 Å². The van der Waals surface area contributed by atoms with Gasteiger partial charge in [0, 0.05) is 18.8 Å². The van der Waals surface area contributed by atoms with Gasteiger partial charge in [0.15, 0.2) is 0 Å². The van der Waals surface area contributed by atoms with E-state index in [4.69, 9.17) is 4.74 Å². The van der Waals surface area contributed by atoms with Gasteiger partial charge in [-0.25, -0.2) is 0 Å². The number of hydrogen-bond donors (Lipinski definition) is 1. The Morgan fingerprint density at radius 3 is 2.48 bits per heavy atom. The lowest BCUT2D eigenvalue weighted by Crippen LogP contribution is -2.21. The van der Waals surface area contributed by atoms with Gasteiger partial charge in [0.1, 0.15) is 12.4 Å². The molecule has 5 heteroatoms. The van der Waals surface area contributed by atoms with Crippen LogP contribution in [0.25, 0.3) is 0 Å². The van der Waals surface area contributed by atoms with Crippen molar-refractivity contribution < 1.29 is 4.74 Å². The van der Waals surface area contributed by atoms with E-state index in [1.165, 1.54) is 5.56 Å². The van der Waals surface area contributed by atoms with Gasteiger partial charge < -0.3 is 10.1 Å². The maximum absolute atomic E-state index is 5.86. The molecule has 1 heterocycles. The summed E-state index contributed by atoms with van der Waals surface area (Å²) in [5.41, 5.74) is 2.11. The molecule has 1 N–H and O–H groups in total. The number of benzene rings is 1. The van der Waals surface area contributed by atoms with Crippen LogP contribution in [0, 0.1) is 0 Å². The first-order valence-corrected chi connectivity index (χ1v) is 8.39. The minimum Gasteiger partial charge on any atom is -0.485 e. The molecule has 0 atom stereocenters. The molecule has 0 fully saturated rings. The molecule has 1 aromatic heterocycles. The Bertz CT molecular complexity index is 565. The van der Waals surface area contributed by atoms with E-state index in [9.17, 15) is 0 Å². The highest BCUT2D eigenvalue weighted by molar-refractivity contribution is 9.11. The van der Waals surface area contributed by atoms with E-state index in [-0.39, 0.29) is 0 Å². The highest BCUT2D eigenvalue weighted by Crippen LogP contribution is 2.35. The fraction of sp³-hybridized carbons (Fsp3) is 0.312. The van der Waals surface area contributed by atoms with Gasteiger partial charge in [-0.2, -0.15) is 0 Å². The lowest BCUT2D eigenvalue weighted by molar-refractivity contribution is 0.297. The summed E-state index contributed by atoms with van der Waals surface area (Å²) in [6.45, 7) is 5.54. The molecule has 0 aliphatic heterocycles. The first-order chi connectivity index (χ1) is 10.1. The molecule has 2 rings (SSSR count). The maximum Gasteiger partial charge on any atom is 0.148 e. The summed E-state index contributed by atoms with van der Waals surface area (Å²) in [4.78, 5) is 4.25. The van der Waals surface area contributed by atoms with Gasteiger partial charge in [0.25, 0.3) is 0 Å². The molecule has 1 aromatic carbocycles. The number of ether oxygens (including phenoxy) is 1. The van der Waals surface area contributed by atoms with Crippen molar-refractivity contribution in [3.63, 3.8) is 0 Å². The van der Waals surface area contributed by atoms with E-state index in [0.717, 1.165) is 26.9 Å². The molecule has 0 amide bonds. The summed E-state index contributed by atoms with van der Waals surface area (Å²) in [7, 11) is 0. The number of pyridine rings is 1. The van der Waals surface area contributed by atoms with Crippen LogP contribution >= 0.6 is 31.9 Å². The van der Waals surface area contributed by atoms with Gasteiger partial charge >= 0.3 is 0 Å². The number of nitrogens with one attached hydrogen (secondary N) is 1. The minimum atomic E-state index is 0.446.